The molecule has 0 unspecified atom stereocenters. The first-order valence-electron chi connectivity index (χ1n) is 4.51. The molecule has 0 aromatic heterocycles. The summed E-state index contributed by atoms with van der Waals surface area (Å²) in [5.74, 6) is -2.38. The predicted molar refractivity (Wildman–Crippen MR) is 57.4 cm³/mol. The lowest BCUT2D eigenvalue weighted by Crippen LogP contribution is -2.28. The Bertz CT molecular complexity index is 229. The van der Waals surface area contributed by atoms with Crippen molar-refractivity contribution in [3.05, 3.63) is 0 Å². The van der Waals surface area contributed by atoms with Crippen LogP contribution in [0.5, 0.6) is 0 Å². The van der Waals surface area contributed by atoms with E-state index in [9.17, 15) is 18.0 Å². The molecule has 1 heterocycles. The molecule has 0 aliphatic carbocycles. The molecule has 1 fully saturated rings. The monoisotopic (exact) mass is 316 g/mol. The Labute approximate surface area is 111 Å². The van der Waals surface area contributed by atoms with E-state index in [-0.39, 0.29) is 0 Å². The third-order valence-electron chi connectivity index (χ3n) is 1.43. The Hall–Kier alpha value is 0.0900. The summed E-state index contributed by atoms with van der Waals surface area (Å²) in [4.78, 5) is 9.99. The number of halogens is 6. The second-order valence-electron chi connectivity index (χ2n) is 3.01. The summed E-state index contributed by atoms with van der Waals surface area (Å²) in [6.07, 6.45) is -2.50. The number of carbonyl (C=O) groups is 1. The van der Waals surface area contributed by atoms with Gasteiger partial charge in [-0.1, -0.05) is 34.8 Å². The highest BCUT2D eigenvalue weighted by molar-refractivity contribution is 6.67. The van der Waals surface area contributed by atoms with Crippen molar-refractivity contribution in [3.63, 3.8) is 0 Å². The third-order valence-corrected chi connectivity index (χ3v) is 1.75. The van der Waals surface area contributed by atoms with E-state index in [0.29, 0.717) is 0 Å². The maximum atomic E-state index is 11.4. The van der Waals surface area contributed by atoms with E-state index < -0.39 is 22.5 Å². The molecule has 1 rings (SSSR count). The van der Waals surface area contributed by atoms with Gasteiger partial charge in [-0.3, -0.25) is 0 Å². The zero-order valence-corrected chi connectivity index (χ0v) is 10.8. The van der Waals surface area contributed by atoms with Crippen LogP contribution >= 0.6 is 34.8 Å². The molecule has 1 aliphatic rings. The highest BCUT2D eigenvalue weighted by atomic mass is 35.6. The second-order valence-corrected chi connectivity index (χ2v) is 5.52. The quantitative estimate of drug-likeness (QED) is 0.550. The molecule has 9 heteroatoms. The second kappa shape index (κ2) is 7.51. The fourth-order valence-electron chi connectivity index (χ4n) is 0.740. The molecule has 0 radical (unpaired) electrons. The van der Waals surface area contributed by atoms with Crippen LogP contribution in [0.15, 0.2) is 0 Å². The topological polar surface area (TPSA) is 35.5 Å². The van der Waals surface area contributed by atoms with Crippen LogP contribution < -0.4 is 0 Å². The van der Waals surface area contributed by atoms with Crippen LogP contribution in [0, 0.1) is 0 Å². The van der Waals surface area contributed by atoms with Gasteiger partial charge in [-0.2, -0.15) is 13.2 Å². The summed E-state index contributed by atoms with van der Waals surface area (Å²) < 4.78 is 40.8. The molecular weight excluding hydrogens is 307 g/mol. The first-order chi connectivity index (χ1) is 7.63. The lowest BCUT2D eigenvalue weighted by atomic mass is 10.4. The van der Waals surface area contributed by atoms with Gasteiger partial charge in [-0.05, 0) is 12.8 Å². The summed E-state index contributed by atoms with van der Waals surface area (Å²) in [5.41, 5.74) is 0. The lowest BCUT2D eigenvalue weighted by molar-refractivity contribution is -0.199. The number of rotatable bonds is 1. The van der Waals surface area contributed by atoms with Crippen molar-refractivity contribution >= 4 is 40.8 Å². The van der Waals surface area contributed by atoms with Gasteiger partial charge in [0.05, 0.1) is 0 Å². The van der Waals surface area contributed by atoms with Crippen molar-refractivity contribution in [1.82, 2.24) is 0 Å². The Kier molecular flexibility index (Phi) is 7.55. The van der Waals surface area contributed by atoms with Gasteiger partial charge < -0.3 is 9.47 Å². The van der Waals surface area contributed by atoms with Gasteiger partial charge in [0.2, 0.25) is 3.79 Å². The van der Waals surface area contributed by atoms with Gasteiger partial charge in [0.15, 0.2) is 0 Å². The minimum atomic E-state index is -5.06. The fraction of sp³-hybridized carbons (Fsp3) is 0.875. The van der Waals surface area contributed by atoms with E-state index in [1.807, 2.05) is 0 Å². The molecule has 0 N–H and O–H groups in total. The molecule has 102 valence electrons. The Morgan fingerprint density at radius 2 is 1.65 bits per heavy atom. The van der Waals surface area contributed by atoms with Crippen molar-refractivity contribution in [2.24, 2.45) is 0 Å². The molecular formula is C8H10Cl3F3O3. The van der Waals surface area contributed by atoms with Crippen molar-refractivity contribution in [2.45, 2.75) is 22.8 Å². The van der Waals surface area contributed by atoms with Crippen molar-refractivity contribution in [1.29, 1.82) is 0 Å². The van der Waals surface area contributed by atoms with Crippen LogP contribution in [-0.2, 0) is 14.3 Å². The predicted octanol–water partition coefficient (Wildman–Crippen LogP) is 3.26. The molecule has 0 saturated carbocycles. The van der Waals surface area contributed by atoms with Gasteiger partial charge in [0.1, 0.15) is 6.61 Å². The Balaban J connectivity index is 0.000000419. The number of hydrogen-bond donors (Lipinski definition) is 0. The minimum absolute atomic E-state index is 0.935. The zero-order chi connectivity index (χ0) is 13.5. The largest absolute Gasteiger partial charge is 0.490 e. The molecule has 1 aliphatic heterocycles. The zero-order valence-electron chi connectivity index (χ0n) is 8.53. The van der Waals surface area contributed by atoms with Crippen molar-refractivity contribution < 1.29 is 27.4 Å². The lowest BCUT2D eigenvalue weighted by Gasteiger charge is -2.11. The highest BCUT2D eigenvalue weighted by Gasteiger charge is 2.42. The first kappa shape index (κ1) is 17.1. The van der Waals surface area contributed by atoms with E-state index in [2.05, 4.69) is 4.74 Å². The van der Waals surface area contributed by atoms with E-state index in [0.717, 1.165) is 13.2 Å². The molecule has 0 amide bonds. The Morgan fingerprint density at radius 1 is 1.18 bits per heavy atom. The van der Waals surface area contributed by atoms with E-state index in [4.69, 9.17) is 39.5 Å². The Morgan fingerprint density at radius 3 is 1.88 bits per heavy atom. The van der Waals surface area contributed by atoms with Crippen LogP contribution in [0.25, 0.3) is 0 Å². The molecule has 17 heavy (non-hydrogen) atoms. The number of esters is 1. The number of hydrogen-bond acceptors (Lipinski definition) is 3. The fourth-order valence-corrected chi connectivity index (χ4v) is 0.903. The smallest absolute Gasteiger partial charge is 0.454 e. The summed E-state index contributed by atoms with van der Waals surface area (Å²) >= 11 is 15.0. The molecule has 0 aromatic rings. The molecule has 0 spiro atoms. The van der Waals surface area contributed by atoms with Crippen LogP contribution in [-0.4, -0.2) is 35.8 Å². The first-order valence-corrected chi connectivity index (χ1v) is 5.65. The molecule has 0 aromatic carbocycles. The van der Waals surface area contributed by atoms with E-state index in [1.165, 1.54) is 12.8 Å². The number of carbonyl (C=O) groups excluding carboxylic acids is 1. The molecule has 3 nitrogen and oxygen atoms in total. The summed E-state index contributed by atoms with van der Waals surface area (Å²) in [5, 5.41) is 0. The average molecular weight is 318 g/mol. The van der Waals surface area contributed by atoms with Crippen molar-refractivity contribution in [3.8, 4) is 0 Å². The van der Waals surface area contributed by atoms with Crippen LogP contribution in [0.2, 0.25) is 0 Å². The minimum Gasteiger partial charge on any atom is -0.454 e. The molecule has 1 saturated heterocycles. The van der Waals surface area contributed by atoms with Crippen LogP contribution in [0.3, 0.4) is 0 Å². The maximum absolute atomic E-state index is 11.4. The number of ether oxygens (including phenoxy) is 2. The summed E-state index contributed by atoms with van der Waals surface area (Å²) in [7, 11) is 0. The van der Waals surface area contributed by atoms with Gasteiger partial charge in [0.25, 0.3) is 0 Å². The third kappa shape index (κ3) is 10.9. The normalized spacial score (nSPS) is 16.1. The van der Waals surface area contributed by atoms with Gasteiger partial charge in [0, 0.05) is 13.2 Å². The van der Waals surface area contributed by atoms with E-state index >= 15 is 0 Å². The van der Waals surface area contributed by atoms with Crippen LogP contribution in [0.4, 0.5) is 13.2 Å². The van der Waals surface area contributed by atoms with Gasteiger partial charge in [-0.25, -0.2) is 4.79 Å². The van der Waals surface area contributed by atoms with Crippen molar-refractivity contribution in [2.75, 3.05) is 19.8 Å². The van der Waals surface area contributed by atoms with Gasteiger partial charge in [-0.15, -0.1) is 0 Å². The average Bonchev–Trinajstić information content (AvgIpc) is 2.68. The molecule has 0 atom stereocenters. The van der Waals surface area contributed by atoms with E-state index in [1.54, 1.807) is 0 Å². The highest BCUT2D eigenvalue weighted by Crippen LogP contribution is 2.27. The SMILES string of the molecule is C1CCOC1.O=C(OCC(Cl)(Cl)Cl)C(F)(F)F. The number of alkyl halides is 6. The standard InChI is InChI=1S/C4H2Cl3F3O2.C4H8O/c5-3(6,7)1-12-2(11)4(8,9)10;1-2-4-5-3-1/h1H2;1-4H2. The maximum Gasteiger partial charge on any atom is 0.490 e. The summed E-state index contributed by atoms with van der Waals surface area (Å²) in [6.45, 7) is 1.07. The van der Waals surface area contributed by atoms with Crippen LogP contribution in [0.1, 0.15) is 12.8 Å². The summed E-state index contributed by atoms with van der Waals surface area (Å²) in [6, 6.07) is 0. The molecule has 0 bridgehead atoms. The van der Waals surface area contributed by atoms with Gasteiger partial charge >= 0.3 is 12.1 Å².